The SMILES string of the molecule is CC1CCN(C(=O)c2ccc(F)s2)C1. The second-order valence-corrected chi connectivity index (χ2v) is 4.78. The van der Waals surface area contributed by atoms with Crippen LogP contribution in [-0.4, -0.2) is 23.9 Å². The molecule has 76 valence electrons. The first-order valence-electron chi connectivity index (χ1n) is 4.71. The van der Waals surface area contributed by atoms with Crippen molar-refractivity contribution < 1.29 is 9.18 Å². The van der Waals surface area contributed by atoms with Crippen molar-refractivity contribution in [2.24, 2.45) is 5.92 Å². The summed E-state index contributed by atoms with van der Waals surface area (Å²) in [7, 11) is 0. The molecule has 1 aromatic heterocycles. The summed E-state index contributed by atoms with van der Waals surface area (Å²) in [5, 5.41) is -0.291. The normalized spacial score (nSPS) is 21.6. The van der Waals surface area contributed by atoms with E-state index in [0.29, 0.717) is 10.8 Å². The van der Waals surface area contributed by atoms with E-state index in [-0.39, 0.29) is 11.0 Å². The fourth-order valence-electron chi connectivity index (χ4n) is 1.70. The molecule has 1 aliphatic rings. The molecular weight excluding hydrogens is 201 g/mol. The van der Waals surface area contributed by atoms with Crippen LogP contribution in [0, 0.1) is 11.0 Å². The van der Waals surface area contributed by atoms with Crippen LogP contribution < -0.4 is 0 Å². The zero-order valence-electron chi connectivity index (χ0n) is 8.00. The molecule has 1 amide bonds. The van der Waals surface area contributed by atoms with E-state index in [1.165, 1.54) is 6.07 Å². The first-order valence-corrected chi connectivity index (χ1v) is 5.53. The molecule has 2 rings (SSSR count). The minimum absolute atomic E-state index is 0.0248. The molecule has 1 fully saturated rings. The molecule has 0 saturated carbocycles. The molecule has 0 spiro atoms. The van der Waals surface area contributed by atoms with Gasteiger partial charge in [-0.05, 0) is 24.5 Å². The number of carbonyl (C=O) groups is 1. The van der Waals surface area contributed by atoms with Gasteiger partial charge in [0.05, 0.1) is 4.88 Å². The summed E-state index contributed by atoms with van der Waals surface area (Å²) in [6.45, 7) is 3.74. The highest BCUT2D eigenvalue weighted by Crippen LogP contribution is 2.21. The fourth-order valence-corrected chi connectivity index (χ4v) is 2.40. The Kier molecular flexibility index (Phi) is 2.54. The minimum atomic E-state index is -0.291. The van der Waals surface area contributed by atoms with Crippen molar-refractivity contribution in [3.8, 4) is 0 Å². The van der Waals surface area contributed by atoms with Crippen LogP contribution in [0.2, 0.25) is 0 Å². The Labute approximate surface area is 86.3 Å². The van der Waals surface area contributed by atoms with Crippen molar-refractivity contribution in [1.82, 2.24) is 4.90 Å². The molecule has 1 saturated heterocycles. The Bertz CT molecular complexity index is 350. The largest absolute Gasteiger partial charge is 0.338 e. The molecule has 2 heterocycles. The summed E-state index contributed by atoms with van der Waals surface area (Å²) in [4.78, 5) is 14.1. The standard InChI is InChI=1S/C10H12FNOS/c1-7-4-5-12(6-7)10(13)8-2-3-9(11)14-8/h2-3,7H,4-6H2,1H3. The summed E-state index contributed by atoms with van der Waals surface area (Å²) >= 11 is 0.926. The summed E-state index contributed by atoms with van der Waals surface area (Å²) in [5.41, 5.74) is 0. The van der Waals surface area contributed by atoms with Gasteiger partial charge in [0.2, 0.25) is 0 Å². The highest BCUT2D eigenvalue weighted by Gasteiger charge is 2.24. The van der Waals surface area contributed by atoms with Gasteiger partial charge in [-0.3, -0.25) is 4.79 Å². The topological polar surface area (TPSA) is 20.3 Å². The average molecular weight is 213 g/mol. The van der Waals surface area contributed by atoms with Gasteiger partial charge in [-0.15, -0.1) is 11.3 Å². The molecule has 2 nitrogen and oxygen atoms in total. The van der Waals surface area contributed by atoms with Crippen molar-refractivity contribution in [3.05, 3.63) is 22.1 Å². The van der Waals surface area contributed by atoms with E-state index in [0.717, 1.165) is 30.8 Å². The molecule has 4 heteroatoms. The zero-order valence-corrected chi connectivity index (χ0v) is 8.81. The maximum Gasteiger partial charge on any atom is 0.264 e. The van der Waals surface area contributed by atoms with Gasteiger partial charge in [-0.2, -0.15) is 4.39 Å². The van der Waals surface area contributed by atoms with E-state index in [1.807, 2.05) is 0 Å². The van der Waals surface area contributed by atoms with Crippen LogP contribution in [0.5, 0.6) is 0 Å². The van der Waals surface area contributed by atoms with Gasteiger partial charge in [0, 0.05) is 13.1 Å². The number of hydrogen-bond donors (Lipinski definition) is 0. The molecule has 0 radical (unpaired) electrons. The number of carbonyl (C=O) groups excluding carboxylic acids is 1. The molecule has 1 unspecified atom stereocenters. The summed E-state index contributed by atoms with van der Waals surface area (Å²) in [6.07, 6.45) is 1.06. The lowest BCUT2D eigenvalue weighted by Gasteiger charge is -2.14. The van der Waals surface area contributed by atoms with Crippen LogP contribution in [0.4, 0.5) is 4.39 Å². The lowest BCUT2D eigenvalue weighted by atomic mass is 10.2. The fraction of sp³-hybridized carbons (Fsp3) is 0.500. The van der Waals surface area contributed by atoms with Gasteiger partial charge in [0.15, 0.2) is 5.13 Å². The highest BCUT2D eigenvalue weighted by molar-refractivity contribution is 7.12. The lowest BCUT2D eigenvalue weighted by molar-refractivity contribution is 0.0793. The van der Waals surface area contributed by atoms with E-state index in [2.05, 4.69) is 6.92 Å². The van der Waals surface area contributed by atoms with Gasteiger partial charge in [0.25, 0.3) is 5.91 Å². The summed E-state index contributed by atoms with van der Waals surface area (Å²) in [5.74, 6) is 0.548. The third kappa shape index (κ3) is 1.80. The third-order valence-electron chi connectivity index (χ3n) is 2.50. The molecule has 0 bridgehead atoms. The molecule has 0 N–H and O–H groups in total. The first kappa shape index (κ1) is 9.65. The van der Waals surface area contributed by atoms with E-state index in [1.54, 1.807) is 11.0 Å². The number of thiophene rings is 1. The minimum Gasteiger partial charge on any atom is -0.338 e. The smallest absolute Gasteiger partial charge is 0.264 e. The van der Waals surface area contributed by atoms with Gasteiger partial charge >= 0.3 is 0 Å². The zero-order chi connectivity index (χ0) is 10.1. The van der Waals surface area contributed by atoms with Crippen LogP contribution in [0.3, 0.4) is 0 Å². The van der Waals surface area contributed by atoms with Crippen LogP contribution in [0.25, 0.3) is 0 Å². The third-order valence-corrected chi connectivity index (χ3v) is 3.36. The van der Waals surface area contributed by atoms with Crippen LogP contribution in [-0.2, 0) is 0 Å². The van der Waals surface area contributed by atoms with E-state index >= 15 is 0 Å². The number of nitrogens with zero attached hydrogens (tertiary/aromatic N) is 1. The number of rotatable bonds is 1. The number of likely N-dealkylation sites (tertiary alicyclic amines) is 1. The van der Waals surface area contributed by atoms with Crippen molar-refractivity contribution in [3.63, 3.8) is 0 Å². The summed E-state index contributed by atoms with van der Waals surface area (Å²) < 4.78 is 12.7. The van der Waals surface area contributed by atoms with Crippen LogP contribution in [0.15, 0.2) is 12.1 Å². The second-order valence-electron chi connectivity index (χ2n) is 3.75. The average Bonchev–Trinajstić information content (AvgIpc) is 2.73. The Balaban J connectivity index is 2.09. The molecule has 1 aliphatic heterocycles. The molecular formula is C10H12FNOS. The Morgan fingerprint density at radius 2 is 2.43 bits per heavy atom. The number of amides is 1. The number of halogens is 1. The van der Waals surface area contributed by atoms with E-state index in [4.69, 9.17) is 0 Å². The molecule has 0 aliphatic carbocycles. The van der Waals surface area contributed by atoms with Crippen LogP contribution >= 0.6 is 11.3 Å². The molecule has 14 heavy (non-hydrogen) atoms. The maximum absolute atomic E-state index is 12.7. The molecule has 1 atom stereocenters. The van der Waals surface area contributed by atoms with Gasteiger partial charge in [-0.25, -0.2) is 0 Å². The quantitative estimate of drug-likeness (QED) is 0.701. The van der Waals surface area contributed by atoms with Crippen molar-refractivity contribution >= 4 is 17.2 Å². The Morgan fingerprint density at radius 1 is 1.64 bits per heavy atom. The van der Waals surface area contributed by atoms with Crippen LogP contribution in [0.1, 0.15) is 23.0 Å². The second kappa shape index (κ2) is 3.69. The predicted octanol–water partition coefficient (Wildman–Crippen LogP) is 2.37. The van der Waals surface area contributed by atoms with Gasteiger partial charge < -0.3 is 4.90 Å². The lowest BCUT2D eigenvalue weighted by Crippen LogP contribution is -2.27. The Morgan fingerprint density at radius 3 is 2.93 bits per heavy atom. The maximum atomic E-state index is 12.7. The van der Waals surface area contributed by atoms with Gasteiger partial charge in [0.1, 0.15) is 0 Å². The molecule has 1 aromatic rings. The van der Waals surface area contributed by atoms with E-state index < -0.39 is 0 Å². The van der Waals surface area contributed by atoms with E-state index in [9.17, 15) is 9.18 Å². The monoisotopic (exact) mass is 213 g/mol. The van der Waals surface area contributed by atoms with Crippen molar-refractivity contribution in [2.75, 3.05) is 13.1 Å². The Hall–Kier alpha value is -0.900. The van der Waals surface area contributed by atoms with Crippen molar-refractivity contribution in [1.29, 1.82) is 0 Å². The predicted molar refractivity (Wildman–Crippen MR) is 54.0 cm³/mol. The molecule has 0 aromatic carbocycles. The summed E-state index contributed by atoms with van der Waals surface area (Å²) in [6, 6.07) is 2.91. The highest BCUT2D eigenvalue weighted by atomic mass is 32.1. The van der Waals surface area contributed by atoms with Gasteiger partial charge in [-0.1, -0.05) is 6.92 Å². The van der Waals surface area contributed by atoms with Crippen molar-refractivity contribution in [2.45, 2.75) is 13.3 Å². The number of hydrogen-bond acceptors (Lipinski definition) is 2. The first-order chi connectivity index (χ1) is 6.66.